The summed E-state index contributed by atoms with van der Waals surface area (Å²) in [7, 11) is 0. The third-order valence-corrected chi connectivity index (χ3v) is 6.52. The Bertz CT molecular complexity index is 1140. The Kier molecular flexibility index (Phi) is 10.2. The molecule has 0 saturated carbocycles. The second-order valence-electron chi connectivity index (χ2n) is 9.56. The molecule has 0 amide bonds. The molecular weight excluding hydrogens is 482 g/mol. The molecule has 10 heteroatoms. The van der Waals surface area contributed by atoms with E-state index in [1.165, 1.54) is 5.56 Å². The molecule has 38 heavy (non-hydrogen) atoms. The van der Waals surface area contributed by atoms with Crippen LogP contribution in [0.4, 0.5) is 11.8 Å². The SMILES string of the molecule is Cc1cnc(N[C@@H](CCN(CCCCc2ccc3c(n2)NCCC3)CCOc2ccccn2)C(=O)O)nc1. The van der Waals surface area contributed by atoms with Gasteiger partial charge in [-0.2, -0.15) is 0 Å². The predicted molar refractivity (Wildman–Crippen MR) is 147 cm³/mol. The highest BCUT2D eigenvalue weighted by Gasteiger charge is 2.20. The van der Waals surface area contributed by atoms with Crippen LogP contribution >= 0.6 is 0 Å². The van der Waals surface area contributed by atoms with E-state index in [1.807, 2.05) is 25.1 Å². The first-order chi connectivity index (χ1) is 18.6. The topological polar surface area (TPSA) is 125 Å². The minimum Gasteiger partial charge on any atom is -0.480 e. The monoisotopic (exact) mass is 519 g/mol. The van der Waals surface area contributed by atoms with Crippen LogP contribution in [0.5, 0.6) is 5.88 Å². The number of aromatic nitrogens is 4. The van der Waals surface area contributed by atoms with Crippen molar-refractivity contribution in [2.24, 2.45) is 0 Å². The summed E-state index contributed by atoms with van der Waals surface area (Å²) in [4.78, 5) is 31.6. The van der Waals surface area contributed by atoms with E-state index in [9.17, 15) is 9.90 Å². The summed E-state index contributed by atoms with van der Waals surface area (Å²) in [5.74, 6) is 1.01. The van der Waals surface area contributed by atoms with Crippen molar-refractivity contribution < 1.29 is 14.6 Å². The van der Waals surface area contributed by atoms with E-state index in [1.54, 1.807) is 18.6 Å². The first-order valence-corrected chi connectivity index (χ1v) is 13.3. The highest BCUT2D eigenvalue weighted by molar-refractivity contribution is 5.76. The van der Waals surface area contributed by atoms with Crippen LogP contribution in [0.2, 0.25) is 0 Å². The van der Waals surface area contributed by atoms with Crippen LogP contribution in [0, 0.1) is 6.92 Å². The lowest BCUT2D eigenvalue weighted by Gasteiger charge is -2.24. The molecule has 0 bridgehead atoms. The third-order valence-electron chi connectivity index (χ3n) is 6.52. The summed E-state index contributed by atoms with van der Waals surface area (Å²) < 4.78 is 5.80. The van der Waals surface area contributed by atoms with E-state index >= 15 is 0 Å². The molecule has 3 aromatic rings. The summed E-state index contributed by atoms with van der Waals surface area (Å²) in [5, 5.41) is 16.1. The smallest absolute Gasteiger partial charge is 0.326 e. The number of unbranched alkanes of at least 4 members (excludes halogenated alkanes) is 1. The highest BCUT2D eigenvalue weighted by Crippen LogP contribution is 2.20. The number of hydrogen-bond donors (Lipinski definition) is 3. The van der Waals surface area contributed by atoms with Crippen molar-refractivity contribution in [1.29, 1.82) is 0 Å². The normalized spacial score (nSPS) is 13.4. The van der Waals surface area contributed by atoms with Gasteiger partial charge in [0.15, 0.2) is 0 Å². The number of aryl methyl sites for hydroxylation is 3. The number of nitrogens with one attached hydrogen (secondary N) is 2. The van der Waals surface area contributed by atoms with Crippen LogP contribution in [-0.4, -0.2) is 74.7 Å². The Balaban J connectivity index is 1.29. The van der Waals surface area contributed by atoms with E-state index in [2.05, 4.69) is 42.6 Å². The van der Waals surface area contributed by atoms with Gasteiger partial charge < -0.3 is 20.5 Å². The van der Waals surface area contributed by atoms with Gasteiger partial charge in [-0.1, -0.05) is 12.1 Å². The summed E-state index contributed by atoms with van der Waals surface area (Å²) in [6.07, 6.45) is 10.6. The molecule has 1 aliphatic rings. The molecule has 1 aliphatic heterocycles. The van der Waals surface area contributed by atoms with E-state index in [0.717, 1.165) is 62.3 Å². The van der Waals surface area contributed by atoms with Gasteiger partial charge in [-0.3, -0.25) is 4.90 Å². The molecule has 0 saturated heterocycles. The molecule has 3 aromatic heterocycles. The maximum absolute atomic E-state index is 11.9. The predicted octanol–water partition coefficient (Wildman–Crippen LogP) is 3.59. The van der Waals surface area contributed by atoms with Crippen molar-refractivity contribution >= 4 is 17.7 Å². The molecule has 0 aliphatic carbocycles. The van der Waals surface area contributed by atoms with Gasteiger partial charge in [-0.15, -0.1) is 0 Å². The average Bonchev–Trinajstić information content (AvgIpc) is 2.94. The quantitative estimate of drug-likeness (QED) is 0.257. The summed E-state index contributed by atoms with van der Waals surface area (Å²) in [5.41, 5.74) is 3.33. The van der Waals surface area contributed by atoms with Crippen LogP contribution < -0.4 is 15.4 Å². The number of ether oxygens (including phenoxy) is 1. The minimum atomic E-state index is -0.925. The third kappa shape index (κ3) is 8.65. The largest absolute Gasteiger partial charge is 0.480 e. The van der Waals surface area contributed by atoms with Gasteiger partial charge in [0, 0.05) is 50.0 Å². The van der Waals surface area contributed by atoms with Crippen molar-refractivity contribution in [2.75, 3.05) is 43.4 Å². The van der Waals surface area contributed by atoms with E-state index in [0.29, 0.717) is 37.9 Å². The maximum atomic E-state index is 11.9. The van der Waals surface area contributed by atoms with E-state index in [-0.39, 0.29) is 0 Å². The fourth-order valence-corrected chi connectivity index (χ4v) is 4.39. The maximum Gasteiger partial charge on any atom is 0.326 e. The Labute approximate surface area is 223 Å². The number of nitrogens with zero attached hydrogens (tertiary/aromatic N) is 5. The zero-order chi connectivity index (χ0) is 26.6. The van der Waals surface area contributed by atoms with Crippen molar-refractivity contribution in [1.82, 2.24) is 24.8 Å². The van der Waals surface area contributed by atoms with Crippen molar-refractivity contribution in [3.8, 4) is 5.88 Å². The van der Waals surface area contributed by atoms with Gasteiger partial charge in [-0.25, -0.2) is 24.7 Å². The zero-order valence-electron chi connectivity index (χ0n) is 22.0. The fraction of sp³-hybridized carbons (Fsp3) is 0.464. The molecular formula is C28H37N7O3. The lowest BCUT2D eigenvalue weighted by molar-refractivity contribution is -0.138. The van der Waals surface area contributed by atoms with E-state index in [4.69, 9.17) is 9.72 Å². The number of hydrogen-bond acceptors (Lipinski definition) is 9. The van der Waals surface area contributed by atoms with Gasteiger partial charge >= 0.3 is 5.97 Å². The lowest BCUT2D eigenvalue weighted by atomic mass is 10.1. The van der Waals surface area contributed by atoms with Gasteiger partial charge in [0.05, 0.1) is 0 Å². The number of fused-ring (bicyclic) bond motifs is 1. The number of carboxylic acids is 1. The molecule has 4 heterocycles. The molecule has 0 aromatic carbocycles. The molecule has 0 spiro atoms. The number of aliphatic carboxylic acids is 1. The summed E-state index contributed by atoms with van der Waals surface area (Å²) >= 11 is 0. The minimum absolute atomic E-state index is 0.320. The highest BCUT2D eigenvalue weighted by atomic mass is 16.5. The van der Waals surface area contributed by atoms with Crippen molar-refractivity contribution in [3.05, 3.63) is 65.7 Å². The van der Waals surface area contributed by atoms with Crippen molar-refractivity contribution in [2.45, 2.75) is 51.5 Å². The molecule has 0 radical (unpaired) electrons. The van der Waals surface area contributed by atoms with Gasteiger partial charge in [0.2, 0.25) is 11.8 Å². The number of pyridine rings is 2. The molecule has 0 unspecified atom stereocenters. The zero-order valence-corrected chi connectivity index (χ0v) is 22.0. The molecule has 10 nitrogen and oxygen atoms in total. The second kappa shape index (κ2) is 14.2. The lowest BCUT2D eigenvalue weighted by Crippen LogP contribution is -2.37. The van der Waals surface area contributed by atoms with Gasteiger partial charge in [0.1, 0.15) is 18.5 Å². The molecule has 0 fully saturated rings. The Morgan fingerprint density at radius 3 is 2.79 bits per heavy atom. The average molecular weight is 520 g/mol. The van der Waals surface area contributed by atoms with Gasteiger partial charge in [-0.05, 0) is 75.3 Å². The van der Waals surface area contributed by atoms with Crippen LogP contribution in [0.3, 0.4) is 0 Å². The number of anilines is 2. The van der Waals surface area contributed by atoms with Crippen LogP contribution in [-0.2, 0) is 17.6 Å². The molecule has 4 rings (SSSR count). The van der Waals surface area contributed by atoms with Crippen LogP contribution in [0.15, 0.2) is 48.9 Å². The summed E-state index contributed by atoms with van der Waals surface area (Å²) in [6.45, 7) is 5.46. The standard InChI is InChI=1S/C28H37N7O3/c1-21-19-31-28(32-20-21)34-24(27(36)37)12-16-35(17-18-38-25-9-2-4-13-29-25)15-5-3-8-23-11-10-22-7-6-14-30-26(22)33-23/h2,4,9-11,13,19-20,24H,3,5-8,12,14-18H2,1H3,(H,30,33)(H,36,37)(H,31,32,34)/t24-/m0/s1. The molecule has 3 N–H and O–H groups in total. The van der Waals surface area contributed by atoms with Crippen molar-refractivity contribution in [3.63, 3.8) is 0 Å². The van der Waals surface area contributed by atoms with Crippen LogP contribution in [0.1, 0.15) is 42.5 Å². The number of carbonyl (C=O) groups is 1. The fourth-order valence-electron chi connectivity index (χ4n) is 4.39. The Hall–Kier alpha value is -3.79. The second-order valence-corrected chi connectivity index (χ2v) is 9.56. The first kappa shape index (κ1) is 27.3. The Morgan fingerprint density at radius 1 is 1.13 bits per heavy atom. The van der Waals surface area contributed by atoms with E-state index < -0.39 is 12.0 Å². The van der Waals surface area contributed by atoms with Crippen LogP contribution in [0.25, 0.3) is 0 Å². The number of carboxylic acid groups (broad SMARTS) is 1. The number of rotatable bonds is 15. The molecule has 202 valence electrons. The van der Waals surface area contributed by atoms with Gasteiger partial charge in [0.25, 0.3) is 0 Å². The summed E-state index contributed by atoms with van der Waals surface area (Å²) in [6, 6.07) is 9.12. The molecule has 1 atom stereocenters. The Morgan fingerprint density at radius 2 is 2.00 bits per heavy atom. The first-order valence-electron chi connectivity index (χ1n) is 13.3.